The Morgan fingerprint density at radius 3 is 2.52 bits per heavy atom. The van der Waals surface area contributed by atoms with E-state index < -0.39 is 11.9 Å². The van der Waals surface area contributed by atoms with Gasteiger partial charge < -0.3 is 27.2 Å². The highest BCUT2D eigenvalue weighted by Crippen LogP contribution is 2.05. The smallest absolute Gasteiger partial charge is 0.350 e. The zero-order valence-electron chi connectivity index (χ0n) is 15.7. The van der Waals surface area contributed by atoms with Crippen LogP contribution in [0.5, 0.6) is 0 Å². The summed E-state index contributed by atoms with van der Waals surface area (Å²) in [6.07, 6.45) is 3.40. The molecule has 0 aromatic carbocycles. The van der Waals surface area contributed by atoms with Crippen LogP contribution in [0.15, 0.2) is 69.2 Å². The first-order chi connectivity index (χ1) is 13.5. The normalized spacial score (nSPS) is 12.0. The minimum atomic E-state index is -0.894. The van der Waals surface area contributed by atoms with Crippen molar-refractivity contribution in [2.24, 2.45) is 20.4 Å². The summed E-state index contributed by atoms with van der Waals surface area (Å²) in [5, 5.41) is 33.9. The number of carbonyl (C=O) groups is 2. The van der Waals surface area contributed by atoms with Crippen LogP contribution in [0.1, 0.15) is 19.8 Å². The summed E-state index contributed by atoms with van der Waals surface area (Å²) in [5.41, 5.74) is 0.495. The molecule has 154 valence electrons. The SMILES string of the molecule is CC(N=Nc1cccc[n+]1CCC(=O)O)=NN=c1ccccn1CCC(=O)O.[Cl-]. The predicted octanol–water partition coefficient (Wildman–Crippen LogP) is -1.25. The lowest BCUT2D eigenvalue weighted by Crippen LogP contribution is -3.00. The molecule has 0 aliphatic heterocycles. The summed E-state index contributed by atoms with van der Waals surface area (Å²) >= 11 is 0. The van der Waals surface area contributed by atoms with Gasteiger partial charge in [0.05, 0.1) is 24.2 Å². The molecule has 0 atom stereocenters. The molecule has 2 rings (SSSR count). The molecular weight excluding hydrogens is 400 g/mol. The largest absolute Gasteiger partial charge is 1.00 e. The number of aryl methyl sites for hydroxylation is 2. The van der Waals surface area contributed by atoms with Crippen LogP contribution >= 0.6 is 0 Å². The minimum absolute atomic E-state index is 0. The fourth-order valence-electron chi connectivity index (χ4n) is 2.19. The number of hydrogen-bond acceptors (Lipinski definition) is 5. The second-order valence-electron chi connectivity index (χ2n) is 5.74. The van der Waals surface area contributed by atoms with Crippen LogP contribution in [-0.4, -0.2) is 32.6 Å². The van der Waals surface area contributed by atoms with Gasteiger partial charge >= 0.3 is 17.8 Å². The highest BCUT2D eigenvalue weighted by Gasteiger charge is 2.10. The molecule has 0 radical (unpaired) electrons. The van der Waals surface area contributed by atoms with Crippen LogP contribution in [0.2, 0.25) is 0 Å². The van der Waals surface area contributed by atoms with E-state index in [0.29, 0.717) is 17.1 Å². The van der Waals surface area contributed by atoms with E-state index in [1.54, 1.807) is 64.8 Å². The maximum Gasteiger partial charge on any atom is 0.350 e. The lowest BCUT2D eigenvalue weighted by atomic mass is 10.4. The Balaban J connectivity index is 0.00000420. The van der Waals surface area contributed by atoms with E-state index in [2.05, 4.69) is 20.4 Å². The van der Waals surface area contributed by atoms with E-state index in [0.717, 1.165) is 0 Å². The standard InChI is InChI=1S/C18H20N6O4.ClH/c1-14(19-21-15-6-2-4-10-23(15)12-8-17(25)26)20-22-16-7-3-5-11-24(16)13-9-18(27)28;/h2-7,10-11H,8-9,12-13H2,1H3,(H-,25,26,27,28);1H. The molecule has 0 amide bonds. The van der Waals surface area contributed by atoms with Gasteiger partial charge in [-0.2, -0.15) is 0 Å². The molecule has 0 saturated carbocycles. The second kappa shape index (κ2) is 12.1. The molecule has 11 heteroatoms. The Morgan fingerprint density at radius 1 is 1.07 bits per heavy atom. The monoisotopic (exact) mass is 420 g/mol. The van der Waals surface area contributed by atoms with Crippen molar-refractivity contribution in [3.05, 3.63) is 54.3 Å². The van der Waals surface area contributed by atoms with E-state index in [9.17, 15) is 9.59 Å². The first-order valence-corrected chi connectivity index (χ1v) is 8.53. The summed E-state index contributed by atoms with van der Waals surface area (Å²) < 4.78 is 3.36. The van der Waals surface area contributed by atoms with Gasteiger partial charge in [0.1, 0.15) is 6.54 Å². The highest BCUT2D eigenvalue weighted by molar-refractivity contribution is 5.79. The number of amidine groups is 1. The number of carboxylic acids is 2. The fourth-order valence-corrected chi connectivity index (χ4v) is 2.19. The summed E-state index contributed by atoms with van der Waals surface area (Å²) in [5.74, 6) is -0.999. The lowest BCUT2D eigenvalue weighted by molar-refractivity contribution is -0.683. The third-order valence-electron chi connectivity index (χ3n) is 3.56. The zero-order chi connectivity index (χ0) is 20.4. The van der Waals surface area contributed by atoms with Crippen molar-refractivity contribution >= 4 is 23.6 Å². The molecule has 10 nitrogen and oxygen atoms in total. The van der Waals surface area contributed by atoms with Crippen molar-refractivity contribution < 1.29 is 36.8 Å². The predicted molar refractivity (Wildman–Crippen MR) is 98.8 cm³/mol. The molecule has 0 fully saturated rings. The van der Waals surface area contributed by atoms with Gasteiger partial charge in [-0.15, -0.1) is 10.2 Å². The first-order valence-electron chi connectivity index (χ1n) is 8.53. The van der Waals surface area contributed by atoms with E-state index in [4.69, 9.17) is 10.2 Å². The molecule has 2 heterocycles. The number of rotatable bonds is 8. The van der Waals surface area contributed by atoms with Crippen molar-refractivity contribution in [3.63, 3.8) is 0 Å². The average Bonchev–Trinajstić information content (AvgIpc) is 2.68. The number of hydrogen-bond donors (Lipinski definition) is 2. The molecule has 0 bridgehead atoms. The third-order valence-corrected chi connectivity index (χ3v) is 3.56. The highest BCUT2D eigenvalue weighted by atomic mass is 35.5. The summed E-state index contributed by atoms with van der Waals surface area (Å²) in [4.78, 5) is 21.5. The molecule has 2 aromatic heterocycles. The van der Waals surface area contributed by atoms with E-state index in [-0.39, 0.29) is 38.3 Å². The van der Waals surface area contributed by atoms with E-state index >= 15 is 0 Å². The summed E-state index contributed by atoms with van der Waals surface area (Å²) in [6.45, 7) is 2.18. The van der Waals surface area contributed by atoms with Gasteiger partial charge in [0, 0.05) is 25.7 Å². The Morgan fingerprint density at radius 2 is 1.79 bits per heavy atom. The van der Waals surface area contributed by atoms with Gasteiger partial charge in [0.2, 0.25) is 0 Å². The van der Waals surface area contributed by atoms with E-state index in [1.165, 1.54) is 0 Å². The number of pyridine rings is 2. The van der Waals surface area contributed by atoms with Gasteiger partial charge in [0.25, 0.3) is 0 Å². The summed E-state index contributed by atoms with van der Waals surface area (Å²) in [7, 11) is 0. The molecule has 0 unspecified atom stereocenters. The molecule has 0 spiro atoms. The second-order valence-corrected chi connectivity index (χ2v) is 5.74. The van der Waals surface area contributed by atoms with Crippen molar-refractivity contribution in [2.45, 2.75) is 32.9 Å². The van der Waals surface area contributed by atoms with Crippen LogP contribution in [0.4, 0.5) is 5.82 Å². The molecule has 2 N–H and O–H groups in total. The minimum Gasteiger partial charge on any atom is -1.00 e. The van der Waals surface area contributed by atoms with Crippen LogP contribution in [0, 0.1) is 0 Å². The van der Waals surface area contributed by atoms with Crippen LogP contribution < -0.4 is 22.5 Å². The number of aromatic nitrogens is 2. The van der Waals surface area contributed by atoms with Crippen LogP contribution in [0.3, 0.4) is 0 Å². The van der Waals surface area contributed by atoms with Crippen LogP contribution in [0.25, 0.3) is 0 Å². The topological polar surface area (TPSA) is 133 Å². The molecule has 29 heavy (non-hydrogen) atoms. The Bertz CT molecular complexity index is 971. The van der Waals surface area contributed by atoms with Gasteiger partial charge in [-0.3, -0.25) is 9.59 Å². The Hall–Kier alpha value is -3.40. The quantitative estimate of drug-likeness (QED) is 0.181. The number of azo groups is 1. The third kappa shape index (κ3) is 8.43. The zero-order valence-corrected chi connectivity index (χ0v) is 16.5. The molecule has 0 aliphatic rings. The van der Waals surface area contributed by atoms with Gasteiger partial charge in [-0.1, -0.05) is 12.1 Å². The fraction of sp³-hybridized carbons (Fsp3) is 0.278. The Labute approximate surface area is 173 Å². The van der Waals surface area contributed by atoms with Gasteiger partial charge in [0.15, 0.2) is 11.3 Å². The maximum absolute atomic E-state index is 10.7. The maximum atomic E-state index is 10.7. The molecule has 2 aromatic rings. The average molecular weight is 421 g/mol. The summed E-state index contributed by atoms with van der Waals surface area (Å²) in [6, 6.07) is 10.5. The van der Waals surface area contributed by atoms with Crippen molar-refractivity contribution in [3.8, 4) is 0 Å². The molecular formula is C18H21ClN6O4. The van der Waals surface area contributed by atoms with Gasteiger partial charge in [-0.05, 0) is 23.3 Å². The van der Waals surface area contributed by atoms with Crippen molar-refractivity contribution in [2.75, 3.05) is 0 Å². The molecule has 0 saturated heterocycles. The lowest BCUT2D eigenvalue weighted by Gasteiger charge is -2.03. The molecule has 0 aliphatic carbocycles. The van der Waals surface area contributed by atoms with Crippen molar-refractivity contribution in [1.82, 2.24) is 4.57 Å². The van der Waals surface area contributed by atoms with Gasteiger partial charge in [-0.25, -0.2) is 4.57 Å². The number of carboxylic acid groups (broad SMARTS) is 2. The first kappa shape index (κ1) is 23.6. The number of nitrogens with zero attached hydrogens (tertiary/aromatic N) is 6. The van der Waals surface area contributed by atoms with Crippen molar-refractivity contribution in [1.29, 1.82) is 0 Å². The van der Waals surface area contributed by atoms with E-state index in [1.807, 2.05) is 0 Å². The Kier molecular flexibility index (Phi) is 9.89. The van der Waals surface area contributed by atoms with Crippen LogP contribution in [-0.2, 0) is 22.7 Å². The number of halogens is 1. The number of aliphatic carboxylic acids is 2.